The van der Waals surface area contributed by atoms with Crippen LogP contribution < -0.4 is 5.48 Å². The molecule has 1 atom stereocenters. The highest BCUT2D eigenvalue weighted by Crippen LogP contribution is 2.25. The van der Waals surface area contributed by atoms with E-state index in [9.17, 15) is 4.39 Å². The summed E-state index contributed by atoms with van der Waals surface area (Å²) in [6.07, 6.45) is 0. The zero-order valence-corrected chi connectivity index (χ0v) is 7.42. The highest BCUT2D eigenvalue weighted by Gasteiger charge is 2.16. The lowest BCUT2D eigenvalue weighted by atomic mass is 10.1. The van der Waals surface area contributed by atoms with Gasteiger partial charge in [-0.3, -0.25) is 0 Å². The molecule has 13 heavy (non-hydrogen) atoms. The van der Waals surface area contributed by atoms with Crippen LogP contribution in [0.3, 0.4) is 0 Å². The molecule has 1 rings (SSSR count). The maximum absolute atomic E-state index is 13.1. The lowest BCUT2D eigenvalue weighted by Crippen LogP contribution is -2.22. The molecule has 1 aromatic rings. The maximum Gasteiger partial charge on any atom is 0.129 e. The molecule has 0 unspecified atom stereocenters. The summed E-state index contributed by atoms with van der Waals surface area (Å²) in [5.41, 5.74) is 1.84. The molecule has 0 spiro atoms. The molecule has 1 aromatic carbocycles. The molecule has 72 valence electrons. The van der Waals surface area contributed by atoms with Crippen LogP contribution in [0.2, 0.25) is 5.02 Å². The van der Waals surface area contributed by atoms with Crippen LogP contribution in [-0.4, -0.2) is 16.9 Å². The van der Waals surface area contributed by atoms with E-state index in [4.69, 9.17) is 21.9 Å². The second-order valence-corrected chi connectivity index (χ2v) is 2.91. The quantitative estimate of drug-likeness (QED) is 0.656. The highest BCUT2D eigenvalue weighted by atomic mass is 35.5. The van der Waals surface area contributed by atoms with E-state index >= 15 is 0 Å². The van der Waals surface area contributed by atoms with Crippen LogP contribution in [0.4, 0.5) is 4.39 Å². The topological polar surface area (TPSA) is 52.5 Å². The van der Waals surface area contributed by atoms with Gasteiger partial charge in [0.1, 0.15) is 5.82 Å². The van der Waals surface area contributed by atoms with Crippen LogP contribution in [-0.2, 0) is 0 Å². The Labute approximate surface area is 79.7 Å². The minimum atomic E-state index is -0.895. The molecule has 0 aliphatic rings. The molecule has 0 amide bonds. The van der Waals surface area contributed by atoms with E-state index in [1.165, 1.54) is 18.2 Å². The number of aliphatic hydroxyl groups is 1. The van der Waals surface area contributed by atoms with Gasteiger partial charge in [0.2, 0.25) is 0 Å². The van der Waals surface area contributed by atoms with Crippen molar-refractivity contribution in [3.63, 3.8) is 0 Å². The van der Waals surface area contributed by atoms with Crippen molar-refractivity contribution >= 4 is 11.6 Å². The number of benzene rings is 1. The monoisotopic (exact) mass is 205 g/mol. The van der Waals surface area contributed by atoms with E-state index in [-0.39, 0.29) is 10.6 Å². The molecule has 0 bridgehead atoms. The van der Waals surface area contributed by atoms with Gasteiger partial charge in [-0.2, -0.15) is 5.48 Å². The summed E-state index contributed by atoms with van der Waals surface area (Å²) >= 11 is 5.68. The first-order valence-corrected chi connectivity index (χ1v) is 4.03. The third kappa shape index (κ3) is 2.16. The smallest absolute Gasteiger partial charge is 0.129 e. The number of aliphatic hydroxyl groups excluding tert-OH is 1. The lowest BCUT2D eigenvalue weighted by molar-refractivity contribution is 0.0889. The molecule has 3 nitrogen and oxygen atoms in total. The first kappa shape index (κ1) is 10.4. The summed E-state index contributed by atoms with van der Waals surface area (Å²) in [5, 5.41) is 17.5. The Kier molecular flexibility index (Phi) is 3.62. The molecule has 0 aliphatic heterocycles. The van der Waals surface area contributed by atoms with Gasteiger partial charge in [-0.25, -0.2) is 4.39 Å². The van der Waals surface area contributed by atoms with Gasteiger partial charge in [0.05, 0.1) is 12.6 Å². The minimum absolute atomic E-state index is 0.0640. The summed E-state index contributed by atoms with van der Waals surface area (Å²) in [5.74, 6) is -0.562. The van der Waals surface area contributed by atoms with Crippen LogP contribution in [0, 0.1) is 5.82 Å². The van der Waals surface area contributed by atoms with E-state index in [0.29, 0.717) is 0 Å². The molecule has 0 aromatic heterocycles. The van der Waals surface area contributed by atoms with E-state index in [0.717, 1.165) is 0 Å². The van der Waals surface area contributed by atoms with Crippen molar-refractivity contribution < 1.29 is 14.7 Å². The number of hydrogen-bond donors (Lipinski definition) is 3. The number of hydrogen-bond acceptors (Lipinski definition) is 3. The Morgan fingerprint density at radius 3 is 2.69 bits per heavy atom. The maximum atomic E-state index is 13.1. The molecular weight excluding hydrogens is 197 g/mol. The van der Waals surface area contributed by atoms with Gasteiger partial charge in [-0.15, -0.1) is 0 Å². The fourth-order valence-corrected chi connectivity index (χ4v) is 1.33. The van der Waals surface area contributed by atoms with Crippen molar-refractivity contribution in [2.75, 3.05) is 6.61 Å². The molecular formula is C8H9ClFNO2. The minimum Gasteiger partial charge on any atom is -0.394 e. The summed E-state index contributed by atoms with van der Waals surface area (Å²) in [7, 11) is 0. The average Bonchev–Trinajstić information content (AvgIpc) is 2.11. The Bertz CT molecular complexity index is 271. The molecule has 0 radical (unpaired) electrons. The second-order valence-electron chi connectivity index (χ2n) is 2.50. The average molecular weight is 206 g/mol. The van der Waals surface area contributed by atoms with Crippen molar-refractivity contribution in [1.29, 1.82) is 0 Å². The van der Waals surface area contributed by atoms with Crippen LogP contribution >= 0.6 is 11.6 Å². The molecule has 3 N–H and O–H groups in total. The third-order valence-electron chi connectivity index (χ3n) is 1.69. The van der Waals surface area contributed by atoms with Gasteiger partial charge in [-0.1, -0.05) is 17.7 Å². The third-order valence-corrected chi connectivity index (χ3v) is 2.02. The Morgan fingerprint density at radius 1 is 1.54 bits per heavy atom. The van der Waals surface area contributed by atoms with Crippen molar-refractivity contribution in [3.05, 3.63) is 34.6 Å². The zero-order valence-electron chi connectivity index (χ0n) is 6.67. The normalized spacial score (nSPS) is 12.9. The number of nitrogens with one attached hydrogen (secondary N) is 1. The van der Waals surface area contributed by atoms with Gasteiger partial charge in [-0.05, 0) is 12.1 Å². The first-order valence-electron chi connectivity index (χ1n) is 3.65. The van der Waals surface area contributed by atoms with Gasteiger partial charge >= 0.3 is 0 Å². The van der Waals surface area contributed by atoms with Crippen molar-refractivity contribution in [2.24, 2.45) is 0 Å². The van der Waals surface area contributed by atoms with Crippen molar-refractivity contribution in [3.8, 4) is 0 Å². The van der Waals surface area contributed by atoms with E-state index < -0.39 is 18.5 Å². The second kappa shape index (κ2) is 4.53. The van der Waals surface area contributed by atoms with Crippen LogP contribution in [0.5, 0.6) is 0 Å². The predicted molar refractivity (Wildman–Crippen MR) is 46.2 cm³/mol. The lowest BCUT2D eigenvalue weighted by Gasteiger charge is -2.14. The van der Waals surface area contributed by atoms with Crippen molar-refractivity contribution in [2.45, 2.75) is 6.04 Å². The van der Waals surface area contributed by atoms with Gasteiger partial charge in [0, 0.05) is 10.6 Å². The van der Waals surface area contributed by atoms with Gasteiger partial charge < -0.3 is 10.3 Å². The zero-order chi connectivity index (χ0) is 9.84. The number of hydroxylamine groups is 1. The summed E-state index contributed by atoms with van der Waals surface area (Å²) in [6.45, 7) is -0.433. The van der Waals surface area contributed by atoms with Crippen molar-refractivity contribution in [1.82, 2.24) is 5.48 Å². The van der Waals surface area contributed by atoms with E-state index in [2.05, 4.69) is 0 Å². The summed E-state index contributed by atoms with van der Waals surface area (Å²) in [4.78, 5) is 0. The van der Waals surface area contributed by atoms with E-state index in [1.54, 1.807) is 5.48 Å². The fraction of sp³-hybridized carbons (Fsp3) is 0.250. The largest absolute Gasteiger partial charge is 0.394 e. The molecule has 0 heterocycles. The molecule has 5 heteroatoms. The predicted octanol–water partition coefficient (Wildman–Crippen LogP) is 1.49. The first-order chi connectivity index (χ1) is 6.20. The summed E-state index contributed by atoms with van der Waals surface area (Å²) < 4.78 is 13.1. The SMILES string of the molecule is OC[C@@H](NO)c1c(F)cccc1Cl. The molecule has 0 aliphatic carbocycles. The summed E-state index contributed by atoms with van der Waals surface area (Å²) in [6, 6.07) is 3.25. The highest BCUT2D eigenvalue weighted by molar-refractivity contribution is 6.31. The Hall–Kier alpha value is -0.680. The number of rotatable bonds is 3. The Balaban J connectivity index is 3.10. The standard InChI is InChI=1S/C8H9ClFNO2/c9-5-2-1-3-6(10)8(5)7(4-12)11-13/h1-3,7,11-13H,4H2/t7-/m1/s1. The number of halogens is 2. The van der Waals surface area contributed by atoms with Crippen LogP contribution in [0.1, 0.15) is 11.6 Å². The molecule has 0 saturated heterocycles. The van der Waals surface area contributed by atoms with Gasteiger partial charge in [0.15, 0.2) is 0 Å². The molecule has 0 fully saturated rings. The van der Waals surface area contributed by atoms with Crippen LogP contribution in [0.25, 0.3) is 0 Å². The Morgan fingerprint density at radius 2 is 2.23 bits per heavy atom. The fourth-order valence-electron chi connectivity index (χ4n) is 1.04. The van der Waals surface area contributed by atoms with Crippen LogP contribution in [0.15, 0.2) is 18.2 Å². The van der Waals surface area contributed by atoms with E-state index in [1.807, 2.05) is 0 Å². The van der Waals surface area contributed by atoms with Gasteiger partial charge in [0.25, 0.3) is 0 Å². The molecule has 0 saturated carbocycles.